The molecule has 0 bridgehead atoms. The lowest BCUT2D eigenvalue weighted by molar-refractivity contribution is -0.115. The van der Waals surface area contributed by atoms with Gasteiger partial charge in [0, 0.05) is 6.07 Å². The van der Waals surface area contributed by atoms with Crippen LogP contribution in [0.5, 0.6) is 11.5 Å². The lowest BCUT2D eigenvalue weighted by Crippen LogP contribution is -2.15. The zero-order chi connectivity index (χ0) is 14.5. The smallest absolute Gasteiger partial charge is 0.228 e. The molecule has 0 unspecified atom stereocenters. The van der Waals surface area contributed by atoms with Gasteiger partial charge in [-0.2, -0.15) is 0 Å². The molecular formula is C15H16N2O3. The molecule has 2 aromatic rings. The summed E-state index contributed by atoms with van der Waals surface area (Å²) in [6.45, 7) is 0. The molecule has 0 saturated carbocycles. The van der Waals surface area contributed by atoms with Crippen molar-refractivity contribution in [1.82, 2.24) is 0 Å². The normalized spacial score (nSPS) is 10.1. The van der Waals surface area contributed by atoms with Crippen molar-refractivity contribution in [3.63, 3.8) is 0 Å². The average molecular weight is 272 g/mol. The van der Waals surface area contributed by atoms with Gasteiger partial charge in [-0.3, -0.25) is 4.79 Å². The molecule has 20 heavy (non-hydrogen) atoms. The average Bonchev–Trinajstić information content (AvgIpc) is 2.42. The Morgan fingerprint density at radius 3 is 2.80 bits per heavy atom. The minimum atomic E-state index is -0.185. The van der Waals surface area contributed by atoms with Gasteiger partial charge in [-0.05, 0) is 29.8 Å². The number of ether oxygens (including phenoxy) is 1. The van der Waals surface area contributed by atoms with E-state index < -0.39 is 0 Å². The highest BCUT2D eigenvalue weighted by Gasteiger charge is 2.07. The molecule has 104 valence electrons. The number of amides is 1. The van der Waals surface area contributed by atoms with Gasteiger partial charge in [-0.25, -0.2) is 0 Å². The van der Waals surface area contributed by atoms with Crippen molar-refractivity contribution in [2.75, 3.05) is 18.2 Å². The summed E-state index contributed by atoms with van der Waals surface area (Å²) >= 11 is 0. The van der Waals surface area contributed by atoms with Gasteiger partial charge in [0.25, 0.3) is 0 Å². The van der Waals surface area contributed by atoms with Crippen LogP contribution in [0.4, 0.5) is 11.4 Å². The van der Waals surface area contributed by atoms with E-state index in [2.05, 4.69) is 5.32 Å². The molecule has 0 aliphatic rings. The molecule has 0 aliphatic heterocycles. The Balaban J connectivity index is 2.05. The van der Waals surface area contributed by atoms with Crippen LogP contribution in [0.2, 0.25) is 0 Å². The highest BCUT2D eigenvalue weighted by atomic mass is 16.5. The van der Waals surface area contributed by atoms with Crippen molar-refractivity contribution in [2.24, 2.45) is 0 Å². The number of hydrogen-bond acceptors (Lipinski definition) is 4. The summed E-state index contributed by atoms with van der Waals surface area (Å²) in [5.74, 6) is 0.586. The number of methoxy groups -OCH3 is 1. The lowest BCUT2D eigenvalue weighted by atomic mass is 10.1. The predicted octanol–water partition coefficient (Wildman–Crippen LogP) is 2.16. The van der Waals surface area contributed by atoms with Gasteiger partial charge in [0.2, 0.25) is 5.91 Å². The van der Waals surface area contributed by atoms with Crippen LogP contribution in [-0.4, -0.2) is 18.1 Å². The molecule has 4 N–H and O–H groups in total. The highest BCUT2D eigenvalue weighted by molar-refractivity contribution is 5.95. The number of nitrogen functional groups attached to an aromatic ring is 1. The van der Waals surface area contributed by atoms with E-state index in [1.807, 2.05) is 18.2 Å². The number of carbonyl (C=O) groups is 1. The zero-order valence-corrected chi connectivity index (χ0v) is 11.1. The summed E-state index contributed by atoms with van der Waals surface area (Å²) in [7, 11) is 1.58. The third-order valence-corrected chi connectivity index (χ3v) is 2.81. The first kappa shape index (κ1) is 13.7. The van der Waals surface area contributed by atoms with Gasteiger partial charge in [-0.15, -0.1) is 0 Å². The van der Waals surface area contributed by atoms with Gasteiger partial charge < -0.3 is 20.9 Å². The third kappa shape index (κ3) is 3.41. The molecule has 5 nitrogen and oxygen atoms in total. The van der Waals surface area contributed by atoms with Crippen LogP contribution < -0.4 is 15.8 Å². The van der Waals surface area contributed by atoms with Crippen LogP contribution in [0.1, 0.15) is 5.56 Å². The van der Waals surface area contributed by atoms with Crippen LogP contribution in [0, 0.1) is 0 Å². The number of carbonyl (C=O) groups excluding carboxylic acids is 1. The number of rotatable bonds is 4. The second kappa shape index (κ2) is 5.97. The first-order chi connectivity index (χ1) is 9.58. The van der Waals surface area contributed by atoms with E-state index in [1.165, 1.54) is 12.1 Å². The zero-order valence-electron chi connectivity index (χ0n) is 11.1. The van der Waals surface area contributed by atoms with Gasteiger partial charge in [0.1, 0.15) is 11.5 Å². The van der Waals surface area contributed by atoms with Crippen molar-refractivity contribution in [2.45, 2.75) is 6.42 Å². The van der Waals surface area contributed by atoms with Crippen LogP contribution in [0.25, 0.3) is 0 Å². The molecule has 2 rings (SSSR count). The van der Waals surface area contributed by atoms with E-state index in [0.29, 0.717) is 17.1 Å². The largest absolute Gasteiger partial charge is 0.508 e. The molecular weight excluding hydrogens is 256 g/mol. The van der Waals surface area contributed by atoms with Crippen LogP contribution in [-0.2, 0) is 11.2 Å². The molecule has 1 amide bonds. The number of phenolic OH excluding ortho intramolecular Hbond substituents is 1. The van der Waals surface area contributed by atoms with E-state index >= 15 is 0 Å². The maximum atomic E-state index is 11.9. The standard InChI is InChI=1S/C15H16N2O3/c1-20-12-4-2-3-10(7-12)8-15(19)17-14-6-5-11(18)9-13(14)16/h2-7,9,18H,8,16H2,1H3,(H,17,19). The molecule has 0 aliphatic carbocycles. The number of phenols is 1. The van der Waals surface area contributed by atoms with Crippen molar-refractivity contribution in [1.29, 1.82) is 0 Å². The fourth-order valence-electron chi connectivity index (χ4n) is 1.83. The number of nitrogens with two attached hydrogens (primary N) is 1. The van der Waals surface area contributed by atoms with Crippen LogP contribution in [0.15, 0.2) is 42.5 Å². The van der Waals surface area contributed by atoms with E-state index in [-0.39, 0.29) is 18.1 Å². The topological polar surface area (TPSA) is 84.6 Å². The monoisotopic (exact) mass is 272 g/mol. The maximum Gasteiger partial charge on any atom is 0.228 e. The molecule has 0 spiro atoms. The van der Waals surface area contributed by atoms with Gasteiger partial charge in [-0.1, -0.05) is 12.1 Å². The molecule has 0 aromatic heterocycles. The highest BCUT2D eigenvalue weighted by Crippen LogP contribution is 2.23. The molecule has 2 aromatic carbocycles. The number of benzene rings is 2. The second-order valence-electron chi connectivity index (χ2n) is 4.35. The molecule has 0 radical (unpaired) electrons. The van der Waals surface area contributed by atoms with E-state index in [1.54, 1.807) is 19.2 Å². The first-order valence-electron chi connectivity index (χ1n) is 6.10. The minimum Gasteiger partial charge on any atom is -0.508 e. The maximum absolute atomic E-state index is 11.9. The Bertz CT molecular complexity index is 626. The quantitative estimate of drug-likeness (QED) is 0.588. The Kier molecular flexibility index (Phi) is 4.10. The van der Waals surface area contributed by atoms with Crippen LogP contribution >= 0.6 is 0 Å². The Hall–Kier alpha value is -2.69. The van der Waals surface area contributed by atoms with Crippen molar-refractivity contribution in [3.8, 4) is 11.5 Å². The third-order valence-electron chi connectivity index (χ3n) is 2.81. The molecule has 0 heterocycles. The van der Waals surface area contributed by atoms with Gasteiger partial charge >= 0.3 is 0 Å². The number of aromatic hydroxyl groups is 1. The summed E-state index contributed by atoms with van der Waals surface area (Å²) in [4.78, 5) is 11.9. The number of anilines is 2. The van der Waals surface area contributed by atoms with Gasteiger partial charge in [0.15, 0.2) is 0 Å². The number of hydrogen-bond donors (Lipinski definition) is 3. The molecule has 0 fully saturated rings. The lowest BCUT2D eigenvalue weighted by Gasteiger charge is -2.09. The fourth-order valence-corrected chi connectivity index (χ4v) is 1.83. The van der Waals surface area contributed by atoms with Crippen LogP contribution in [0.3, 0.4) is 0 Å². The Morgan fingerprint density at radius 1 is 1.30 bits per heavy atom. The fraction of sp³-hybridized carbons (Fsp3) is 0.133. The summed E-state index contributed by atoms with van der Waals surface area (Å²) < 4.78 is 5.11. The SMILES string of the molecule is COc1cccc(CC(=O)Nc2ccc(O)cc2N)c1. The van der Waals surface area contributed by atoms with Crippen molar-refractivity contribution in [3.05, 3.63) is 48.0 Å². The van der Waals surface area contributed by atoms with Crippen molar-refractivity contribution < 1.29 is 14.6 Å². The first-order valence-corrected chi connectivity index (χ1v) is 6.10. The van der Waals surface area contributed by atoms with E-state index in [0.717, 1.165) is 5.56 Å². The predicted molar refractivity (Wildman–Crippen MR) is 77.8 cm³/mol. The van der Waals surface area contributed by atoms with Crippen molar-refractivity contribution >= 4 is 17.3 Å². The summed E-state index contributed by atoms with van der Waals surface area (Å²) in [5.41, 5.74) is 7.37. The summed E-state index contributed by atoms with van der Waals surface area (Å²) in [6, 6.07) is 11.7. The second-order valence-corrected chi connectivity index (χ2v) is 4.35. The minimum absolute atomic E-state index is 0.0632. The molecule has 0 saturated heterocycles. The Labute approximate surface area is 117 Å². The summed E-state index contributed by atoms with van der Waals surface area (Å²) in [5, 5.41) is 12.0. The van der Waals surface area contributed by atoms with Gasteiger partial charge in [0.05, 0.1) is 24.9 Å². The molecule has 5 heteroatoms. The van der Waals surface area contributed by atoms with E-state index in [9.17, 15) is 9.90 Å². The Morgan fingerprint density at radius 2 is 2.10 bits per heavy atom. The number of nitrogens with one attached hydrogen (secondary N) is 1. The van der Waals surface area contributed by atoms with E-state index in [4.69, 9.17) is 10.5 Å². The molecule has 0 atom stereocenters. The summed E-state index contributed by atoms with van der Waals surface area (Å²) in [6.07, 6.45) is 0.220.